The molecule has 0 unspecified atom stereocenters. The fourth-order valence-electron chi connectivity index (χ4n) is 1.82. The second kappa shape index (κ2) is 4.56. The van der Waals surface area contributed by atoms with Crippen LogP contribution < -0.4 is 5.56 Å². The minimum atomic E-state index is -0.543. The van der Waals surface area contributed by atoms with E-state index in [0.29, 0.717) is 17.4 Å². The van der Waals surface area contributed by atoms with E-state index in [2.05, 4.69) is 15.0 Å². The number of hydrogen-bond acceptors (Lipinski definition) is 4. The fraction of sp³-hybridized carbons (Fsp3) is 0.0769. The van der Waals surface area contributed by atoms with Crippen LogP contribution in [0.5, 0.6) is 0 Å². The molecule has 0 saturated carbocycles. The molecule has 0 saturated heterocycles. The first-order valence-electron chi connectivity index (χ1n) is 5.63. The lowest BCUT2D eigenvalue weighted by Crippen LogP contribution is -2.21. The number of hydrogen-bond donors (Lipinski definition) is 0. The summed E-state index contributed by atoms with van der Waals surface area (Å²) in [6.07, 6.45) is 5.95. The van der Waals surface area contributed by atoms with Crippen molar-refractivity contribution in [3.05, 3.63) is 65.0 Å². The van der Waals surface area contributed by atoms with Gasteiger partial charge >= 0.3 is 0 Å². The largest absolute Gasteiger partial charge is 0.294 e. The zero-order chi connectivity index (χ0) is 13.2. The van der Waals surface area contributed by atoms with E-state index in [4.69, 9.17) is 0 Å². The molecule has 0 N–H and O–H groups in total. The number of pyridine rings is 2. The number of fused-ring (bicyclic) bond motifs is 1. The Kier molecular flexibility index (Phi) is 2.75. The number of nitrogens with zero attached hydrogens (tertiary/aromatic N) is 4. The van der Waals surface area contributed by atoms with Crippen molar-refractivity contribution in [2.24, 2.45) is 0 Å². The molecule has 0 radical (unpaired) electrons. The van der Waals surface area contributed by atoms with Crippen molar-refractivity contribution in [3.63, 3.8) is 0 Å². The average Bonchev–Trinajstić information content (AvgIpc) is 2.45. The van der Waals surface area contributed by atoms with Gasteiger partial charge in [0.15, 0.2) is 0 Å². The molecule has 0 atom stereocenters. The van der Waals surface area contributed by atoms with Gasteiger partial charge in [0.2, 0.25) is 5.95 Å². The van der Waals surface area contributed by atoms with Gasteiger partial charge in [0.1, 0.15) is 0 Å². The van der Waals surface area contributed by atoms with Crippen molar-refractivity contribution >= 4 is 10.9 Å². The van der Waals surface area contributed by atoms with Crippen LogP contribution in [0, 0.1) is 5.95 Å². The molecule has 3 aromatic heterocycles. The van der Waals surface area contributed by atoms with Crippen LogP contribution in [-0.2, 0) is 6.54 Å². The van der Waals surface area contributed by atoms with Gasteiger partial charge in [0.05, 0.1) is 30.0 Å². The standard InChI is InChI=1S/C13H9FN4O/c14-12-2-1-9(5-16-12)7-18-8-17-11-6-15-4-3-10(11)13(18)19/h1-6,8H,7H2. The third kappa shape index (κ3) is 2.20. The summed E-state index contributed by atoms with van der Waals surface area (Å²) in [4.78, 5) is 23.8. The number of aromatic nitrogens is 4. The van der Waals surface area contributed by atoms with E-state index in [1.807, 2.05) is 0 Å². The first-order chi connectivity index (χ1) is 9.24. The van der Waals surface area contributed by atoms with Crippen LogP contribution in [0.2, 0.25) is 0 Å². The van der Waals surface area contributed by atoms with Crippen LogP contribution in [0.1, 0.15) is 5.56 Å². The maximum absolute atomic E-state index is 12.7. The van der Waals surface area contributed by atoms with Gasteiger partial charge in [0.25, 0.3) is 5.56 Å². The van der Waals surface area contributed by atoms with E-state index in [1.54, 1.807) is 24.5 Å². The Morgan fingerprint density at radius 1 is 1.16 bits per heavy atom. The van der Waals surface area contributed by atoms with E-state index >= 15 is 0 Å². The molecule has 19 heavy (non-hydrogen) atoms. The van der Waals surface area contributed by atoms with Crippen molar-refractivity contribution in [1.82, 2.24) is 19.5 Å². The first-order valence-corrected chi connectivity index (χ1v) is 5.63. The van der Waals surface area contributed by atoms with E-state index in [9.17, 15) is 9.18 Å². The summed E-state index contributed by atoms with van der Waals surface area (Å²) in [5.74, 6) is -0.543. The molecule has 6 heteroatoms. The van der Waals surface area contributed by atoms with Crippen LogP contribution in [0.15, 0.2) is 47.9 Å². The predicted molar refractivity (Wildman–Crippen MR) is 67.1 cm³/mol. The Morgan fingerprint density at radius 2 is 2.05 bits per heavy atom. The third-order valence-corrected chi connectivity index (χ3v) is 2.77. The van der Waals surface area contributed by atoms with Gasteiger partial charge in [-0.25, -0.2) is 9.97 Å². The van der Waals surface area contributed by atoms with Crippen molar-refractivity contribution in [2.45, 2.75) is 6.54 Å². The van der Waals surface area contributed by atoms with Gasteiger partial charge in [-0.15, -0.1) is 0 Å². The fourth-order valence-corrected chi connectivity index (χ4v) is 1.82. The minimum Gasteiger partial charge on any atom is -0.294 e. The Bertz CT molecular complexity index is 783. The smallest absolute Gasteiger partial charge is 0.261 e. The molecule has 3 aromatic rings. The molecular weight excluding hydrogens is 247 g/mol. The SMILES string of the molecule is O=c1c2ccncc2ncn1Cc1ccc(F)nc1. The van der Waals surface area contributed by atoms with Crippen molar-refractivity contribution in [2.75, 3.05) is 0 Å². The second-order valence-electron chi connectivity index (χ2n) is 4.06. The van der Waals surface area contributed by atoms with Crippen molar-refractivity contribution in [1.29, 1.82) is 0 Å². The van der Waals surface area contributed by atoms with Gasteiger partial charge in [-0.3, -0.25) is 14.3 Å². The maximum Gasteiger partial charge on any atom is 0.261 e. The predicted octanol–water partition coefficient (Wildman–Crippen LogP) is 1.37. The number of rotatable bonds is 2. The Hall–Kier alpha value is -2.63. The van der Waals surface area contributed by atoms with Crippen molar-refractivity contribution in [3.8, 4) is 0 Å². The lowest BCUT2D eigenvalue weighted by molar-refractivity contribution is 0.581. The zero-order valence-corrected chi connectivity index (χ0v) is 9.82. The summed E-state index contributed by atoms with van der Waals surface area (Å²) >= 11 is 0. The van der Waals surface area contributed by atoms with E-state index < -0.39 is 5.95 Å². The lowest BCUT2D eigenvalue weighted by atomic mass is 10.2. The van der Waals surface area contributed by atoms with Crippen LogP contribution in [-0.4, -0.2) is 19.5 Å². The normalized spacial score (nSPS) is 10.8. The highest BCUT2D eigenvalue weighted by atomic mass is 19.1. The monoisotopic (exact) mass is 256 g/mol. The third-order valence-electron chi connectivity index (χ3n) is 2.77. The van der Waals surface area contributed by atoms with Crippen LogP contribution in [0.3, 0.4) is 0 Å². The molecule has 0 spiro atoms. The molecule has 0 bridgehead atoms. The van der Waals surface area contributed by atoms with Crippen molar-refractivity contribution < 1.29 is 4.39 Å². The molecule has 0 fully saturated rings. The molecule has 3 rings (SSSR count). The summed E-state index contributed by atoms with van der Waals surface area (Å²) in [5.41, 5.74) is 1.14. The average molecular weight is 256 g/mol. The maximum atomic E-state index is 12.7. The zero-order valence-electron chi connectivity index (χ0n) is 9.82. The highest BCUT2D eigenvalue weighted by Gasteiger charge is 2.04. The van der Waals surface area contributed by atoms with Gasteiger partial charge in [-0.2, -0.15) is 4.39 Å². The Morgan fingerprint density at radius 3 is 2.84 bits per heavy atom. The van der Waals surface area contributed by atoms with E-state index in [1.165, 1.54) is 23.2 Å². The molecule has 0 aliphatic rings. The molecule has 0 aromatic carbocycles. The molecule has 5 nitrogen and oxygen atoms in total. The van der Waals surface area contributed by atoms with Gasteiger partial charge in [0, 0.05) is 12.4 Å². The van der Waals surface area contributed by atoms with Gasteiger partial charge in [-0.1, -0.05) is 6.07 Å². The summed E-state index contributed by atoms with van der Waals surface area (Å²) in [6.45, 7) is 0.303. The first kappa shape index (κ1) is 11.5. The van der Waals surface area contributed by atoms with Gasteiger partial charge < -0.3 is 0 Å². The quantitative estimate of drug-likeness (QED) is 0.650. The minimum absolute atomic E-state index is 0.156. The molecule has 94 valence electrons. The Balaban J connectivity index is 2.04. The van der Waals surface area contributed by atoms with E-state index in [-0.39, 0.29) is 5.56 Å². The summed E-state index contributed by atoms with van der Waals surface area (Å²) in [6, 6.07) is 4.48. The molecule has 0 amide bonds. The molecule has 3 heterocycles. The van der Waals surface area contributed by atoms with Crippen LogP contribution in [0.4, 0.5) is 4.39 Å². The summed E-state index contributed by atoms with van der Waals surface area (Å²) in [5, 5.41) is 0.507. The highest BCUT2D eigenvalue weighted by Crippen LogP contribution is 2.05. The lowest BCUT2D eigenvalue weighted by Gasteiger charge is -2.06. The van der Waals surface area contributed by atoms with Crippen LogP contribution >= 0.6 is 0 Å². The van der Waals surface area contributed by atoms with Gasteiger partial charge in [-0.05, 0) is 17.7 Å². The van der Waals surface area contributed by atoms with Crippen LogP contribution in [0.25, 0.3) is 10.9 Å². The topological polar surface area (TPSA) is 60.7 Å². The summed E-state index contributed by atoms with van der Waals surface area (Å²) < 4.78 is 14.2. The molecular formula is C13H9FN4O. The summed E-state index contributed by atoms with van der Waals surface area (Å²) in [7, 11) is 0. The molecule has 0 aliphatic heterocycles. The highest BCUT2D eigenvalue weighted by molar-refractivity contribution is 5.75. The van der Waals surface area contributed by atoms with E-state index in [0.717, 1.165) is 5.56 Å². The Labute approximate surface area is 107 Å². The second-order valence-corrected chi connectivity index (χ2v) is 4.06. The molecule has 0 aliphatic carbocycles. The number of halogens is 1.